The van der Waals surface area contributed by atoms with E-state index in [0.717, 1.165) is 0 Å². The van der Waals surface area contributed by atoms with E-state index < -0.39 is 11.8 Å². The summed E-state index contributed by atoms with van der Waals surface area (Å²) >= 11 is 0. The van der Waals surface area contributed by atoms with Crippen molar-refractivity contribution in [2.45, 2.75) is 6.42 Å². The lowest BCUT2D eigenvalue weighted by Gasteiger charge is -2.06. The van der Waals surface area contributed by atoms with Crippen LogP contribution in [0.15, 0.2) is 48.7 Å². The normalized spacial score (nSPS) is 9.95. The van der Waals surface area contributed by atoms with E-state index in [-0.39, 0.29) is 18.9 Å². The summed E-state index contributed by atoms with van der Waals surface area (Å²) in [6, 6.07) is 11.7. The van der Waals surface area contributed by atoms with Gasteiger partial charge in [-0.15, -0.1) is 0 Å². The zero-order valence-electron chi connectivity index (χ0n) is 10.1. The smallest absolute Gasteiger partial charge is 0.316 e. The second kappa shape index (κ2) is 6.49. The first-order chi connectivity index (χ1) is 9.25. The Labute approximate surface area is 109 Å². The molecule has 0 amide bonds. The molecule has 1 heterocycles. The minimum absolute atomic E-state index is 0.0188. The highest BCUT2D eigenvalue weighted by Crippen LogP contribution is 2.12. The highest BCUT2D eigenvalue weighted by atomic mass is 19.1. The van der Waals surface area contributed by atoms with Crippen LogP contribution in [0.5, 0.6) is 11.6 Å². The van der Waals surface area contributed by atoms with Crippen LogP contribution in [0, 0.1) is 5.82 Å². The molecule has 2 aromatic rings. The number of rotatable bonds is 5. The van der Waals surface area contributed by atoms with Crippen LogP contribution in [-0.4, -0.2) is 17.6 Å². The standard InChI is InChI=1S/C14H12FNO3/c15-12-7-4-9-16-14(12)19-13(17)8-10-18-11-5-2-1-3-6-11/h1-7,9H,8,10H2. The van der Waals surface area contributed by atoms with Gasteiger partial charge in [0.1, 0.15) is 5.75 Å². The van der Waals surface area contributed by atoms with Crippen molar-refractivity contribution >= 4 is 5.97 Å². The van der Waals surface area contributed by atoms with Gasteiger partial charge >= 0.3 is 5.97 Å². The van der Waals surface area contributed by atoms with E-state index in [1.165, 1.54) is 18.3 Å². The van der Waals surface area contributed by atoms with Crippen molar-refractivity contribution in [3.8, 4) is 11.6 Å². The molecule has 0 radical (unpaired) electrons. The van der Waals surface area contributed by atoms with E-state index in [0.29, 0.717) is 5.75 Å². The van der Waals surface area contributed by atoms with Crippen LogP contribution in [0.1, 0.15) is 6.42 Å². The Bertz CT molecular complexity index is 545. The Balaban J connectivity index is 1.78. The van der Waals surface area contributed by atoms with E-state index in [9.17, 15) is 9.18 Å². The fraction of sp³-hybridized carbons (Fsp3) is 0.143. The highest BCUT2D eigenvalue weighted by Gasteiger charge is 2.10. The van der Waals surface area contributed by atoms with E-state index in [2.05, 4.69) is 4.98 Å². The van der Waals surface area contributed by atoms with Gasteiger partial charge in [-0.2, -0.15) is 0 Å². The zero-order chi connectivity index (χ0) is 13.5. The van der Waals surface area contributed by atoms with Crippen molar-refractivity contribution in [3.05, 3.63) is 54.5 Å². The molecule has 0 atom stereocenters. The van der Waals surface area contributed by atoms with Gasteiger partial charge in [0.05, 0.1) is 13.0 Å². The van der Waals surface area contributed by atoms with Crippen LogP contribution in [0.4, 0.5) is 4.39 Å². The monoisotopic (exact) mass is 261 g/mol. The molecule has 0 bridgehead atoms. The first-order valence-corrected chi connectivity index (χ1v) is 5.75. The van der Waals surface area contributed by atoms with Crippen molar-refractivity contribution in [1.29, 1.82) is 0 Å². The van der Waals surface area contributed by atoms with Gasteiger partial charge in [-0.25, -0.2) is 9.37 Å². The molecule has 98 valence electrons. The fourth-order valence-electron chi connectivity index (χ4n) is 1.37. The number of esters is 1. The van der Waals surface area contributed by atoms with Gasteiger partial charge in [0.2, 0.25) is 0 Å². The lowest BCUT2D eigenvalue weighted by molar-refractivity contribution is -0.135. The number of halogens is 1. The molecular formula is C14H12FNO3. The number of ether oxygens (including phenoxy) is 2. The maximum Gasteiger partial charge on any atom is 0.316 e. The molecule has 0 unspecified atom stereocenters. The number of hydrogen-bond donors (Lipinski definition) is 0. The van der Waals surface area contributed by atoms with Gasteiger partial charge in [0, 0.05) is 6.20 Å². The molecule has 4 nitrogen and oxygen atoms in total. The summed E-state index contributed by atoms with van der Waals surface area (Å²) in [6.07, 6.45) is 1.37. The Hall–Kier alpha value is -2.43. The van der Waals surface area contributed by atoms with Gasteiger partial charge in [-0.3, -0.25) is 4.79 Å². The van der Waals surface area contributed by atoms with Crippen LogP contribution < -0.4 is 9.47 Å². The number of carbonyl (C=O) groups excluding carboxylic acids is 1. The Kier molecular flexibility index (Phi) is 4.44. The molecule has 0 aliphatic carbocycles. The minimum atomic E-state index is -0.667. The van der Waals surface area contributed by atoms with E-state index >= 15 is 0 Å². The molecule has 0 saturated carbocycles. The first-order valence-electron chi connectivity index (χ1n) is 5.75. The van der Waals surface area contributed by atoms with Crippen LogP contribution >= 0.6 is 0 Å². The first kappa shape index (κ1) is 13.0. The van der Waals surface area contributed by atoms with Crippen molar-refractivity contribution < 1.29 is 18.7 Å². The molecule has 0 aliphatic heterocycles. The quantitative estimate of drug-likeness (QED) is 0.776. The van der Waals surface area contributed by atoms with E-state index in [1.807, 2.05) is 18.2 Å². The molecular weight excluding hydrogens is 249 g/mol. The predicted octanol–water partition coefficient (Wildman–Crippen LogP) is 2.60. The van der Waals surface area contributed by atoms with Crippen molar-refractivity contribution in [2.75, 3.05) is 6.61 Å². The third-order valence-electron chi connectivity index (χ3n) is 2.25. The van der Waals surface area contributed by atoms with E-state index in [1.54, 1.807) is 12.1 Å². The fourth-order valence-corrected chi connectivity index (χ4v) is 1.37. The molecule has 0 N–H and O–H groups in total. The molecule has 5 heteroatoms. The van der Waals surface area contributed by atoms with Crippen molar-refractivity contribution in [1.82, 2.24) is 4.98 Å². The van der Waals surface area contributed by atoms with Gasteiger partial charge < -0.3 is 9.47 Å². The van der Waals surface area contributed by atoms with Gasteiger partial charge in [0.25, 0.3) is 5.88 Å². The number of nitrogens with zero attached hydrogens (tertiary/aromatic N) is 1. The summed E-state index contributed by atoms with van der Waals surface area (Å²) in [5, 5.41) is 0. The lowest BCUT2D eigenvalue weighted by Crippen LogP contribution is -2.14. The number of aromatic nitrogens is 1. The van der Waals surface area contributed by atoms with Gasteiger partial charge in [-0.05, 0) is 24.3 Å². The van der Waals surface area contributed by atoms with E-state index in [4.69, 9.17) is 9.47 Å². The van der Waals surface area contributed by atoms with Crippen LogP contribution in [0.3, 0.4) is 0 Å². The second-order valence-electron chi connectivity index (χ2n) is 3.68. The summed E-state index contributed by atoms with van der Waals surface area (Å²) in [5.74, 6) is -0.903. The SMILES string of the molecule is O=C(CCOc1ccccc1)Oc1ncccc1F. The summed E-state index contributed by atoms with van der Waals surface area (Å²) in [5.41, 5.74) is 0. The van der Waals surface area contributed by atoms with Gasteiger partial charge in [-0.1, -0.05) is 18.2 Å². The number of hydrogen-bond acceptors (Lipinski definition) is 4. The molecule has 0 saturated heterocycles. The Morgan fingerprint density at radius 3 is 2.68 bits per heavy atom. The molecule has 19 heavy (non-hydrogen) atoms. The number of carbonyl (C=O) groups is 1. The maximum absolute atomic E-state index is 13.2. The summed E-state index contributed by atoms with van der Waals surface area (Å²) in [6.45, 7) is 0.164. The minimum Gasteiger partial charge on any atom is -0.493 e. The maximum atomic E-state index is 13.2. The molecule has 0 fully saturated rings. The largest absolute Gasteiger partial charge is 0.493 e. The van der Waals surface area contributed by atoms with Crippen LogP contribution in [0.2, 0.25) is 0 Å². The van der Waals surface area contributed by atoms with Crippen molar-refractivity contribution in [2.24, 2.45) is 0 Å². The topological polar surface area (TPSA) is 48.4 Å². The Morgan fingerprint density at radius 1 is 1.16 bits per heavy atom. The summed E-state index contributed by atoms with van der Waals surface area (Å²) < 4.78 is 23.3. The van der Waals surface area contributed by atoms with Crippen molar-refractivity contribution in [3.63, 3.8) is 0 Å². The molecule has 1 aromatic heterocycles. The van der Waals surface area contributed by atoms with Crippen LogP contribution in [0.25, 0.3) is 0 Å². The third kappa shape index (κ3) is 4.06. The lowest BCUT2D eigenvalue weighted by atomic mass is 10.3. The molecule has 1 aromatic carbocycles. The second-order valence-corrected chi connectivity index (χ2v) is 3.68. The average molecular weight is 261 g/mol. The predicted molar refractivity (Wildman–Crippen MR) is 66.4 cm³/mol. The summed E-state index contributed by atoms with van der Waals surface area (Å²) in [4.78, 5) is 15.1. The molecule has 0 spiro atoms. The highest BCUT2D eigenvalue weighted by molar-refractivity contribution is 5.72. The summed E-state index contributed by atoms with van der Waals surface area (Å²) in [7, 11) is 0. The van der Waals surface area contributed by atoms with Crippen LogP contribution in [-0.2, 0) is 4.79 Å². The number of benzene rings is 1. The number of para-hydroxylation sites is 1. The Morgan fingerprint density at radius 2 is 1.95 bits per heavy atom. The zero-order valence-corrected chi connectivity index (χ0v) is 10.1. The molecule has 2 rings (SSSR count). The third-order valence-corrected chi connectivity index (χ3v) is 2.25. The molecule has 0 aliphatic rings. The van der Waals surface area contributed by atoms with Gasteiger partial charge in [0.15, 0.2) is 5.82 Å². The average Bonchev–Trinajstić information content (AvgIpc) is 2.43. The number of pyridine rings is 1.